The number of esters is 1. The van der Waals surface area contributed by atoms with E-state index in [0.29, 0.717) is 17.7 Å². The van der Waals surface area contributed by atoms with Gasteiger partial charge in [0.15, 0.2) is 18.1 Å². The first-order chi connectivity index (χ1) is 14.3. The summed E-state index contributed by atoms with van der Waals surface area (Å²) in [6.45, 7) is 3.29. The number of hydrogen-bond acceptors (Lipinski definition) is 7. The zero-order chi connectivity index (χ0) is 22.1. The van der Waals surface area contributed by atoms with Crippen molar-refractivity contribution < 1.29 is 28.8 Å². The maximum Gasteiger partial charge on any atom is 0.338 e. The Bertz CT molecular complexity index is 939. The second kappa shape index (κ2) is 10.7. The second-order valence-corrected chi connectivity index (χ2v) is 6.25. The molecule has 0 unspecified atom stereocenters. The van der Waals surface area contributed by atoms with Gasteiger partial charge >= 0.3 is 11.7 Å². The fourth-order valence-corrected chi connectivity index (χ4v) is 2.55. The van der Waals surface area contributed by atoms with Crippen LogP contribution in [0.2, 0.25) is 0 Å². The van der Waals surface area contributed by atoms with Crippen molar-refractivity contribution >= 4 is 29.0 Å². The molecule has 0 saturated heterocycles. The van der Waals surface area contributed by atoms with Crippen LogP contribution in [0.3, 0.4) is 0 Å². The van der Waals surface area contributed by atoms with Gasteiger partial charge in [-0.1, -0.05) is 6.92 Å². The summed E-state index contributed by atoms with van der Waals surface area (Å²) in [5, 5.41) is 13.9. The van der Waals surface area contributed by atoms with Crippen LogP contribution >= 0.6 is 0 Å². The normalized spacial score (nSPS) is 10.2. The van der Waals surface area contributed by atoms with Gasteiger partial charge in [0.1, 0.15) is 0 Å². The number of Topliss-reactive ketones (excluding diaryl/α,β-unsaturated/α-hetero) is 1. The Hall–Kier alpha value is -3.75. The Morgan fingerprint density at radius 2 is 1.70 bits per heavy atom. The Morgan fingerprint density at radius 3 is 2.30 bits per heavy atom. The van der Waals surface area contributed by atoms with E-state index in [1.165, 1.54) is 24.3 Å². The number of amides is 1. The lowest BCUT2D eigenvalue weighted by atomic mass is 10.1. The van der Waals surface area contributed by atoms with Gasteiger partial charge in [0.25, 0.3) is 0 Å². The molecule has 2 aromatic carbocycles. The maximum absolute atomic E-state index is 12.2. The second-order valence-electron chi connectivity index (χ2n) is 6.25. The maximum atomic E-state index is 12.2. The van der Waals surface area contributed by atoms with Crippen LogP contribution in [0.25, 0.3) is 0 Å². The van der Waals surface area contributed by atoms with Crippen molar-refractivity contribution in [1.29, 1.82) is 0 Å². The van der Waals surface area contributed by atoms with Gasteiger partial charge in [0, 0.05) is 23.7 Å². The summed E-state index contributed by atoms with van der Waals surface area (Å²) < 4.78 is 10.1. The number of ether oxygens (including phenoxy) is 2. The molecule has 30 heavy (non-hydrogen) atoms. The zero-order valence-electron chi connectivity index (χ0n) is 16.7. The summed E-state index contributed by atoms with van der Waals surface area (Å²) in [5.41, 5.74) is 0.433. The molecule has 0 bridgehead atoms. The van der Waals surface area contributed by atoms with Crippen LogP contribution in [0.5, 0.6) is 5.75 Å². The highest BCUT2D eigenvalue weighted by Crippen LogP contribution is 2.28. The molecule has 0 aliphatic carbocycles. The first kappa shape index (κ1) is 22.5. The van der Waals surface area contributed by atoms with Gasteiger partial charge in [0.2, 0.25) is 5.91 Å². The van der Waals surface area contributed by atoms with Crippen molar-refractivity contribution in [2.45, 2.75) is 26.7 Å². The van der Waals surface area contributed by atoms with Crippen LogP contribution in [-0.4, -0.2) is 35.8 Å². The number of nitrogens with one attached hydrogen (secondary N) is 1. The molecule has 0 saturated carbocycles. The van der Waals surface area contributed by atoms with E-state index in [2.05, 4.69) is 5.32 Å². The molecule has 0 aromatic heterocycles. The highest BCUT2D eigenvalue weighted by molar-refractivity contribution is 6.00. The molecule has 0 spiro atoms. The first-order valence-electron chi connectivity index (χ1n) is 9.37. The number of nitro groups is 1. The van der Waals surface area contributed by atoms with E-state index in [1.807, 2.05) is 6.92 Å². The summed E-state index contributed by atoms with van der Waals surface area (Å²) in [5.74, 6) is -1.38. The molecule has 158 valence electrons. The molecule has 0 atom stereocenters. The zero-order valence-corrected chi connectivity index (χ0v) is 16.7. The molecule has 1 N–H and O–H groups in total. The Morgan fingerprint density at radius 1 is 1.03 bits per heavy atom. The van der Waals surface area contributed by atoms with E-state index in [1.54, 1.807) is 19.1 Å². The molecule has 0 fully saturated rings. The third-order valence-electron chi connectivity index (χ3n) is 3.99. The smallest absolute Gasteiger partial charge is 0.338 e. The molecule has 2 aromatic rings. The molecular weight excluding hydrogens is 392 g/mol. The van der Waals surface area contributed by atoms with E-state index in [9.17, 15) is 24.5 Å². The molecule has 0 radical (unpaired) electrons. The van der Waals surface area contributed by atoms with Crippen molar-refractivity contribution in [1.82, 2.24) is 0 Å². The summed E-state index contributed by atoms with van der Waals surface area (Å²) in [6.07, 6.45) is 1.13. The molecule has 0 aliphatic rings. The quantitative estimate of drug-likeness (QED) is 0.271. The lowest BCUT2D eigenvalue weighted by Gasteiger charge is -2.08. The number of benzene rings is 2. The molecular formula is C21H22N2O7. The number of anilines is 1. The Balaban J connectivity index is 1.99. The van der Waals surface area contributed by atoms with Crippen molar-refractivity contribution in [3.05, 3.63) is 63.7 Å². The number of carbonyl (C=O) groups is 3. The Labute approximate surface area is 173 Å². The minimum atomic E-state index is -0.863. The molecule has 9 nitrogen and oxygen atoms in total. The van der Waals surface area contributed by atoms with Crippen LogP contribution in [0, 0.1) is 10.1 Å². The van der Waals surface area contributed by atoms with Crippen molar-refractivity contribution in [2.24, 2.45) is 0 Å². The molecule has 2 rings (SSSR count). The van der Waals surface area contributed by atoms with Gasteiger partial charge in [0.05, 0.1) is 17.1 Å². The molecule has 0 aliphatic heterocycles. The van der Waals surface area contributed by atoms with Gasteiger partial charge in [-0.15, -0.1) is 0 Å². The van der Waals surface area contributed by atoms with Gasteiger partial charge in [-0.25, -0.2) is 4.79 Å². The highest BCUT2D eigenvalue weighted by Gasteiger charge is 2.20. The van der Waals surface area contributed by atoms with E-state index in [0.717, 1.165) is 12.5 Å². The topological polar surface area (TPSA) is 125 Å². The monoisotopic (exact) mass is 414 g/mol. The Kier molecular flexibility index (Phi) is 8.04. The van der Waals surface area contributed by atoms with Crippen LogP contribution < -0.4 is 10.1 Å². The van der Waals surface area contributed by atoms with Gasteiger partial charge in [-0.2, -0.15) is 0 Å². The number of carbonyl (C=O) groups excluding carboxylic acids is 3. The summed E-state index contributed by atoms with van der Waals surface area (Å²) in [4.78, 5) is 46.5. The fourth-order valence-electron chi connectivity index (χ4n) is 2.55. The predicted molar refractivity (Wildman–Crippen MR) is 109 cm³/mol. The molecule has 0 heterocycles. The third kappa shape index (κ3) is 6.13. The van der Waals surface area contributed by atoms with E-state index in [-0.39, 0.29) is 29.5 Å². The SMILES string of the molecule is CCCC(=O)Nc1ccc(C(=O)COC(=O)c2ccc(OCC)c([N+](=O)[O-])c2)cc1. The lowest BCUT2D eigenvalue weighted by molar-refractivity contribution is -0.385. The number of hydrogen-bond donors (Lipinski definition) is 1. The number of nitro benzene ring substituents is 1. The predicted octanol–water partition coefficient (Wildman–Crippen LogP) is 3.77. The van der Waals surface area contributed by atoms with Gasteiger partial charge in [-0.3, -0.25) is 19.7 Å². The minimum absolute atomic E-state index is 0.0428. The fraction of sp³-hybridized carbons (Fsp3) is 0.286. The minimum Gasteiger partial charge on any atom is -0.487 e. The van der Waals surface area contributed by atoms with Crippen molar-refractivity contribution in [3.63, 3.8) is 0 Å². The molecule has 9 heteroatoms. The highest BCUT2D eigenvalue weighted by atomic mass is 16.6. The largest absolute Gasteiger partial charge is 0.487 e. The van der Waals surface area contributed by atoms with Crippen LogP contribution in [0.15, 0.2) is 42.5 Å². The van der Waals surface area contributed by atoms with Gasteiger partial charge < -0.3 is 14.8 Å². The first-order valence-corrected chi connectivity index (χ1v) is 9.37. The van der Waals surface area contributed by atoms with Crippen molar-refractivity contribution in [3.8, 4) is 5.75 Å². The van der Waals surface area contributed by atoms with Crippen molar-refractivity contribution in [2.75, 3.05) is 18.5 Å². The average molecular weight is 414 g/mol. The van der Waals surface area contributed by atoms with Gasteiger partial charge in [-0.05, 0) is 49.7 Å². The number of ketones is 1. The van der Waals surface area contributed by atoms with Crippen LogP contribution in [0.4, 0.5) is 11.4 Å². The van der Waals surface area contributed by atoms with E-state index < -0.39 is 23.3 Å². The van der Waals surface area contributed by atoms with E-state index in [4.69, 9.17) is 9.47 Å². The summed E-state index contributed by atoms with van der Waals surface area (Å²) in [7, 11) is 0. The van der Waals surface area contributed by atoms with E-state index >= 15 is 0 Å². The number of nitrogens with zero attached hydrogens (tertiary/aromatic N) is 1. The average Bonchev–Trinajstić information content (AvgIpc) is 2.72. The van der Waals surface area contributed by atoms with Crippen LogP contribution in [-0.2, 0) is 9.53 Å². The third-order valence-corrected chi connectivity index (χ3v) is 3.99. The summed E-state index contributed by atoms with van der Waals surface area (Å²) >= 11 is 0. The number of rotatable bonds is 10. The molecule has 1 amide bonds. The summed E-state index contributed by atoms with van der Waals surface area (Å²) in [6, 6.07) is 9.88. The van der Waals surface area contributed by atoms with Crippen LogP contribution in [0.1, 0.15) is 47.4 Å². The lowest BCUT2D eigenvalue weighted by Crippen LogP contribution is -2.15. The standard InChI is InChI=1S/C21H22N2O7/c1-3-5-20(25)22-16-9-6-14(7-10-16)18(24)13-30-21(26)15-8-11-19(29-4-2)17(12-15)23(27)28/h6-12H,3-5,13H2,1-2H3,(H,22,25).